The number of rotatable bonds is 5. The molecule has 1 aliphatic rings. The van der Waals surface area contributed by atoms with Crippen LogP contribution in [0, 0.1) is 11.6 Å². The van der Waals surface area contributed by atoms with E-state index in [1.807, 2.05) is 27.7 Å². The number of allylic oxidation sites excluding steroid dienone is 3. The second-order valence-corrected chi connectivity index (χ2v) is 8.80. The van der Waals surface area contributed by atoms with Crippen molar-refractivity contribution in [1.29, 1.82) is 0 Å². The minimum Gasteiger partial charge on any atom is -0.401 e. The van der Waals surface area contributed by atoms with E-state index in [-0.39, 0.29) is 17.2 Å². The maximum absolute atomic E-state index is 14.1. The molecule has 38 heavy (non-hydrogen) atoms. The minimum absolute atomic E-state index is 0.0174. The summed E-state index contributed by atoms with van der Waals surface area (Å²) in [6.45, 7) is 11.3. The van der Waals surface area contributed by atoms with Gasteiger partial charge < -0.3 is 16.6 Å². The zero-order valence-electron chi connectivity index (χ0n) is 23.0. The van der Waals surface area contributed by atoms with E-state index in [0.29, 0.717) is 34.9 Å². The summed E-state index contributed by atoms with van der Waals surface area (Å²) in [7, 11) is 0. The summed E-state index contributed by atoms with van der Waals surface area (Å²) in [4.78, 5) is 17.6. The molecule has 5 N–H and O–H groups in total. The van der Waals surface area contributed by atoms with Crippen LogP contribution in [0.15, 0.2) is 60.3 Å². The highest BCUT2D eigenvalue weighted by molar-refractivity contribution is 5.67. The largest absolute Gasteiger partial charge is 0.401 e. The molecule has 0 spiro atoms. The zero-order valence-corrected chi connectivity index (χ0v) is 23.0. The molecule has 4 rings (SSSR count). The summed E-state index contributed by atoms with van der Waals surface area (Å²) >= 11 is 0. The Hall–Kier alpha value is -3.72. The lowest BCUT2D eigenvalue weighted by Gasteiger charge is -2.25. The fourth-order valence-electron chi connectivity index (χ4n) is 3.97. The van der Waals surface area contributed by atoms with Crippen molar-refractivity contribution in [2.45, 2.75) is 72.3 Å². The molecule has 0 radical (unpaired) electrons. The van der Waals surface area contributed by atoms with Crippen LogP contribution in [0.4, 0.5) is 8.78 Å². The molecule has 3 aromatic rings. The third-order valence-electron chi connectivity index (χ3n) is 5.82. The highest BCUT2D eigenvalue weighted by Gasteiger charge is 2.25. The van der Waals surface area contributed by atoms with Gasteiger partial charge >= 0.3 is 0 Å². The molecule has 1 atom stereocenters. The third kappa shape index (κ3) is 7.19. The average molecular weight is 525 g/mol. The summed E-state index contributed by atoms with van der Waals surface area (Å²) in [6.07, 6.45) is 10.0. The number of hydrogen-bond donors (Lipinski definition) is 3. The Bertz CT molecular complexity index is 1250. The van der Waals surface area contributed by atoms with Gasteiger partial charge in [0.05, 0.1) is 35.5 Å². The summed E-state index contributed by atoms with van der Waals surface area (Å²) in [5.74, 6) is -1.68. The summed E-state index contributed by atoms with van der Waals surface area (Å²) < 4.78 is 28.3. The monoisotopic (exact) mass is 524 g/mol. The zero-order chi connectivity index (χ0) is 28.5. The third-order valence-corrected chi connectivity index (χ3v) is 5.82. The highest BCUT2D eigenvalue weighted by atomic mass is 19.1. The second-order valence-electron chi connectivity index (χ2n) is 8.80. The van der Waals surface area contributed by atoms with E-state index in [0.717, 1.165) is 18.4 Å². The predicted molar refractivity (Wildman–Crippen MR) is 147 cm³/mol. The first-order valence-electron chi connectivity index (χ1n) is 12.9. The van der Waals surface area contributed by atoms with Crippen LogP contribution in [-0.2, 0) is 5.60 Å². The van der Waals surface area contributed by atoms with Gasteiger partial charge in [-0.15, -0.1) is 0 Å². The highest BCUT2D eigenvalue weighted by Crippen LogP contribution is 2.36. The van der Waals surface area contributed by atoms with E-state index in [1.165, 1.54) is 24.4 Å². The number of aliphatic hydroxyl groups is 1. The molecule has 204 valence electrons. The van der Waals surface area contributed by atoms with E-state index in [9.17, 15) is 13.9 Å². The first-order chi connectivity index (χ1) is 18.1. The van der Waals surface area contributed by atoms with Crippen molar-refractivity contribution in [3.63, 3.8) is 0 Å². The van der Waals surface area contributed by atoms with Crippen LogP contribution in [0.5, 0.6) is 0 Å². The van der Waals surface area contributed by atoms with Crippen molar-refractivity contribution >= 4 is 5.70 Å². The van der Waals surface area contributed by atoms with Crippen LogP contribution < -0.4 is 11.5 Å². The van der Waals surface area contributed by atoms with Gasteiger partial charge in [-0.2, -0.15) is 0 Å². The SMILES string of the molecule is CC.CC.CC(C)(O)c1cnc(-c2cncc(C3CCCC(/C=C(\N)c4c(F)cccc4F)=C3N)n2)cn1. The van der Waals surface area contributed by atoms with Gasteiger partial charge in [-0.05, 0) is 56.9 Å². The van der Waals surface area contributed by atoms with Gasteiger partial charge in [-0.25, -0.2) is 13.8 Å². The number of nitrogens with zero attached hydrogens (tertiary/aromatic N) is 4. The molecule has 2 heterocycles. The van der Waals surface area contributed by atoms with Gasteiger partial charge in [0.2, 0.25) is 0 Å². The van der Waals surface area contributed by atoms with E-state index in [2.05, 4.69) is 15.0 Å². The van der Waals surface area contributed by atoms with Crippen LogP contribution >= 0.6 is 0 Å². The maximum Gasteiger partial charge on any atom is 0.135 e. The lowest BCUT2D eigenvalue weighted by molar-refractivity contribution is 0.0734. The Kier molecular flexibility index (Phi) is 11.0. The fourth-order valence-corrected chi connectivity index (χ4v) is 3.97. The van der Waals surface area contributed by atoms with Crippen molar-refractivity contribution in [1.82, 2.24) is 19.9 Å². The average Bonchev–Trinajstić information content (AvgIpc) is 2.92. The van der Waals surface area contributed by atoms with Gasteiger partial charge in [0, 0.05) is 23.5 Å². The Balaban J connectivity index is 0.00000121. The molecule has 9 heteroatoms. The molecular formula is C29H38F2N6O. The van der Waals surface area contributed by atoms with Crippen LogP contribution in [0.2, 0.25) is 0 Å². The van der Waals surface area contributed by atoms with E-state index in [1.54, 1.807) is 38.5 Å². The molecule has 0 saturated carbocycles. The lowest BCUT2D eigenvalue weighted by Crippen LogP contribution is -2.19. The van der Waals surface area contributed by atoms with E-state index in [4.69, 9.17) is 16.5 Å². The van der Waals surface area contributed by atoms with Gasteiger partial charge in [0.15, 0.2) is 0 Å². The molecular weight excluding hydrogens is 486 g/mol. The van der Waals surface area contributed by atoms with Gasteiger partial charge in [0.25, 0.3) is 0 Å². The predicted octanol–water partition coefficient (Wildman–Crippen LogP) is 5.97. The summed E-state index contributed by atoms with van der Waals surface area (Å²) in [5, 5.41) is 10.1. The quantitative estimate of drug-likeness (QED) is 0.375. The number of benzene rings is 1. The number of hydrogen-bond acceptors (Lipinski definition) is 7. The number of aromatic nitrogens is 4. The molecule has 0 saturated heterocycles. The van der Waals surface area contributed by atoms with Crippen molar-refractivity contribution in [2.24, 2.45) is 11.5 Å². The molecule has 1 unspecified atom stereocenters. The van der Waals surface area contributed by atoms with Crippen LogP contribution in [0.1, 0.15) is 83.7 Å². The molecule has 0 fully saturated rings. The van der Waals surface area contributed by atoms with Gasteiger partial charge in [0.1, 0.15) is 28.6 Å². The Morgan fingerprint density at radius 1 is 1.00 bits per heavy atom. The van der Waals surface area contributed by atoms with Crippen LogP contribution in [0.3, 0.4) is 0 Å². The second kappa shape index (κ2) is 13.7. The van der Waals surface area contributed by atoms with E-state index < -0.39 is 17.2 Å². The van der Waals surface area contributed by atoms with Gasteiger partial charge in [-0.3, -0.25) is 15.0 Å². The molecule has 1 aromatic carbocycles. The number of nitrogens with two attached hydrogens (primary N) is 2. The first-order valence-corrected chi connectivity index (χ1v) is 12.9. The Labute approximate surface area is 223 Å². The molecule has 0 amide bonds. The van der Waals surface area contributed by atoms with Crippen LogP contribution in [-0.4, -0.2) is 25.0 Å². The maximum atomic E-state index is 14.1. The topological polar surface area (TPSA) is 124 Å². The van der Waals surface area contributed by atoms with Crippen molar-refractivity contribution < 1.29 is 13.9 Å². The first kappa shape index (κ1) is 30.5. The molecule has 0 aliphatic heterocycles. The fraction of sp³-hybridized carbons (Fsp3) is 0.379. The minimum atomic E-state index is -1.10. The van der Waals surface area contributed by atoms with Crippen molar-refractivity contribution in [3.8, 4) is 11.4 Å². The standard InChI is InChI=1S/C25H26F2N6O.2C2H6/c1-25(2,34)22-13-31-20(12-32-22)21-11-30-10-19(33-21)15-6-3-5-14(24(15)29)9-18(28)23-16(26)7-4-8-17(23)27;2*1-2/h4,7-13,15,34H,3,5-6,28-29H2,1-2H3;2*1-2H3/b18-9-;;. The lowest BCUT2D eigenvalue weighted by atomic mass is 9.84. The molecule has 7 nitrogen and oxygen atoms in total. The van der Waals surface area contributed by atoms with Crippen LogP contribution in [0.25, 0.3) is 17.1 Å². The van der Waals surface area contributed by atoms with Gasteiger partial charge in [-0.1, -0.05) is 33.8 Å². The molecule has 1 aliphatic carbocycles. The molecule has 0 bridgehead atoms. The normalized spacial score (nSPS) is 15.7. The smallest absolute Gasteiger partial charge is 0.135 e. The number of halogens is 2. The molecule has 2 aromatic heterocycles. The summed E-state index contributed by atoms with van der Waals surface area (Å²) in [6, 6.07) is 3.62. The van der Waals surface area contributed by atoms with Crippen molar-refractivity contribution in [2.75, 3.05) is 0 Å². The van der Waals surface area contributed by atoms with Crippen molar-refractivity contribution in [3.05, 3.63) is 88.9 Å². The Morgan fingerprint density at radius 3 is 2.24 bits per heavy atom. The summed E-state index contributed by atoms with van der Waals surface area (Å²) in [5.41, 5.74) is 14.6. The van der Waals surface area contributed by atoms with E-state index >= 15 is 0 Å². The Morgan fingerprint density at radius 2 is 1.66 bits per heavy atom.